The van der Waals surface area contributed by atoms with Crippen LogP contribution in [0, 0.1) is 0 Å². The van der Waals surface area contributed by atoms with Gasteiger partial charge in [-0.2, -0.15) is 0 Å². The Balaban J connectivity index is 1.89. The number of amides is 2. The molecule has 10 nitrogen and oxygen atoms in total. The highest BCUT2D eigenvalue weighted by atomic mass is 16.5. The van der Waals surface area contributed by atoms with Gasteiger partial charge in [-0.3, -0.25) is 19.5 Å². The van der Waals surface area contributed by atoms with E-state index in [1.165, 1.54) is 44.8 Å². The topological polar surface area (TPSA) is 112 Å². The Morgan fingerprint density at radius 3 is 2.20 bits per heavy atom. The predicted octanol–water partition coefficient (Wildman–Crippen LogP) is 4.74. The van der Waals surface area contributed by atoms with Gasteiger partial charge in [0.2, 0.25) is 11.7 Å². The SMILES string of the molecule is CCOc1ccc(N(C(=O)c2cnccn2)C(C(=O)NC2CCCCC2)c2cc(OC)c(OC)c(OC)c2)cc1. The molecule has 1 aromatic heterocycles. The average molecular weight is 549 g/mol. The zero-order valence-corrected chi connectivity index (χ0v) is 23.4. The predicted molar refractivity (Wildman–Crippen MR) is 150 cm³/mol. The van der Waals surface area contributed by atoms with Crippen molar-refractivity contribution in [1.29, 1.82) is 0 Å². The van der Waals surface area contributed by atoms with Gasteiger partial charge in [0, 0.05) is 24.1 Å². The van der Waals surface area contributed by atoms with Crippen LogP contribution in [0.3, 0.4) is 0 Å². The van der Waals surface area contributed by atoms with Gasteiger partial charge in [0.05, 0.1) is 34.1 Å². The van der Waals surface area contributed by atoms with Crippen molar-refractivity contribution in [3.63, 3.8) is 0 Å². The molecule has 1 aliphatic carbocycles. The molecule has 1 atom stereocenters. The minimum Gasteiger partial charge on any atom is -0.494 e. The van der Waals surface area contributed by atoms with Gasteiger partial charge in [0.15, 0.2) is 11.5 Å². The number of carbonyl (C=O) groups excluding carboxylic acids is 2. The standard InChI is InChI=1S/C30H36N4O6/c1-5-40-23-13-11-22(12-14-23)34(30(36)24-19-31-15-16-32-24)27(29(35)33-21-9-7-6-8-10-21)20-17-25(37-2)28(39-4)26(18-20)38-3/h11-19,21,27H,5-10H2,1-4H3,(H,33,35). The summed E-state index contributed by atoms with van der Waals surface area (Å²) >= 11 is 0. The Morgan fingerprint density at radius 1 is 0.975 bits per heavy atom. The van der Waals surface area contributed by atoms with Crippen LogP contribution in [0.2, 0.25) is 0 Å². The van der Waals surface area contributed by atoms with Gasteiger partial charge in [0.25, 0.3) is 5.91 Å². The maximum absolute atomic E-state index is 14.2. The molecule has 0 saturated heterocycles. The molecule has 0 spiro atoms. The second-order valence-electron chi connectivity index (χ2n) is 9.40. The Hall–Kier alpha value is -4.34. The zero-order valence-electron chi connectivity index (χ0n) is 23.4. The molecule has 0 radical (unpaired) electrons. The first-order valence-electron chi connectivity index (χ1n) is 13.4. The minimum absolute atomic E-state index is 0.0135. The molecular weight excluding hydrogens is 512 g/mol. The van der Waals surface area contributed by atoms with E-state index in [0.717, 1.165) is 32.1 Å². The second kappa shape index (κ2) is 13.6. The number of aromatic nitrogens is 2. The van der Waals surface area contributed by atoms with Crippen LogP contribution in [0.1, 0.15) is 61.1 Å². The van der Waals surface area contributed by atoms with Crippen LogP contribution in [0.5, 0.6) is 23.0 Å². The van der Waals surface area contributed by atoms with Gasteiger partial charge < -0.3 is 24.3 Å². The fourth-order valence-corrected chi connectivity index (χ4v) is 4.99. The molecule has 2 amide bonds. The molecule has 40 heavy (non-hydrogen) atoms. The van der Waals surface area contributed by atoms with Crippen molar-refractivity contribution in [1.82, 2.24) is 15.3 Å². The van der Waals surface area contributed by atoms with Crippen LogP contribution in [-0.4, -0.2) is 55.8 Å². The number of anilines is 1. The monoisotopic (exact) mass is 548 g/mol. The van der Waals surface area contributed by atoms with Gasteiger partial charge in [-0.05, 0) is 61.7 Å². The molecule has 1 heterocycles. The largest absolute Gasteiger partial charge is 0.494 e. The van der Waals surface area contributed by atoms with Crippen molar-refractivity contribution in [2.75, 3.05) is 32.8 Å². The molecule has 1 saturated carbocycles. The first kappa shape index (κ1) is 28.7. The van der Waals surface area contributed by atoms with E-state index in [9.17, 15) is 9.59 Å². The maximum atomic E-state index is 14.2. The zero-order chi connectivity index (χ0) is 28.5. The lowest BCUT2D eigenvalue weighted by Gasteiger charge is -2.33. The molecule has 0 aliphatic heterocycles. The summed E-state index contributed by atoms with van der Waals surface area (Å²) in [6, 6.07) is 9.33. The van der Waals surface area contributed by atoms with Crippen LogP contribution in [-0.2, 0) is 4.79 Å². The Labute approximate surface area is 234 Å². The van der Waals surface area contributed by atoms with E-state index >= 15 is 0 Å². The fraction of sp³-hybridized carbons (Fsp3) is 0.400. The number of ether oxygens (including phenoxy) is 4. The summed E-state index contributed by atoms with van der Waals surface area (Å²) in [5, 5.41) is 3.20. The summed E-state index contributed by atoms with van der Waals surface area (Å²) in [6.07, 6.45) is 9.32. The van der Waals surface area contributed by atoms with Gasteiger partial charge in [-0.15, -0.1) is 0 Å². The third kappa shape index (κ3) is 6.44. The van der Waals surface area contributed by atoms with Crippen LogP contribution in [0.25, 0.3) is 0 Å². The number of rotatable bonds is 11. The lowest BCUT2D eigenvalue weighted by Crippen LogP contribution is -2.47. The Bertz CT molecular complexity index is 1250. The number of nitrogens with one attached hydrogen (secondary N) is 1. The molecule has 212 valence electrons. The molecule has 1 fully saturated rings. The van der Waals surface area contributed by atoms with E-state index in [1.807, 2.05) is 6.92 Å². The Kier molecular flexibility index (Phi) is 9.77. The van der Waals surface area contributed by atoms with E-state index in [4.69, 9.17) is 18.9 Å². The van der Waals surface area contributed by atoms with E-state index in [1.54, 1.807) is 36.4 Å². The third-order valence-electron chi connectivity index (χ3n) is 6.89. The molecule has 0 bridgehead atoms. The lowest BCUT2D eigenvalue weighted by atomic mass is 9.94. The summed E-state index contributed by atoms with van der Waals surface area (Å²) in [4.78, 5) is 38.1. The molecule has 10 heteroatoms. The molecular formula is C30H36N4O6. The van der Waals surface area contributed by atoms with Crippen molar-refractivity contribution in [2.45, 2.75) is 51.1 Å². The first-order chi connectivity index (χ1) is 19.5. The molecule has 3 aromatic rings. The smallest absolute Gasteiger partial charge is 0.279 e. The van der Waals surface area contributed by atoms with Gasteiger partial charge >= 0.3 is 0 Å². The number of benzene rings is 2. The Morgan fingerprint density at radius 2 is 1.65 bits per heavy atom. The van der Waals surface area contributed by atoms with E-state index in [0.29, 0.717) is 40.9 Å². The lowest BCUT2D eigenvalue weighted by molar-refractivity contribution is -0.123. The second-order valence-corrected chi connectivity index (χ2v) is 9.40. The van der Waals surface area contributed by atoms with E-state index < -0.39 is 11.9 Å². The van der Waals surface area contributed by atoms with Crippen LogP contribution < -0.4 is 29.2 Å². The number of nitrogens with zero attached hydrogens (tertiary/aromatic N) is 3. The van der Waals surface area contributed by atoms with Gasteiger partial charge in [-0.25, -0.2) is 4.98 Å². The highest BCUT2D eigenvalue weighted by molar-refractivity contribution is 6.09. The highest BCUT2D eigenvalue weighted by Crippen LogP contribution is 2.42. The molecule has 1 aliphatic rings. The first-order valence-corrected chi connectivity index (χ1v) is 13.4. The maximum Gasteiger partial charge on any atom is 0.279 e. The molecule has 2 aromatic carbocycles. The van der Waals surface area contributed by atoms with Crippen molar-refractivity contribution in [2.24, 2.45) is 0 Å². The normalized spacial score (nSPS) is 14.1. The van der Waals surface area contributed by atoms with E-state index in [2.05, 4.69) is 15.3 Å². The van der Waals surface area contributed by atoms with Crippen LogP contribution in [0.15, 0.2) is 55.0 Å². The fourth-order valence-electron chi connectivity index (χ4n) is 4.99. The number of hydrogen-bond donors (Lipinski definition) is 1. The summed E-state index contributed by atoms with van der Waals surface area (Å²) < 4.78 is 22.3. The summed E-state index contributed by atoms with van der Waals surface area (Å²) in [6.45, 7) is 2.40. The van der Waals surface area contributed by atoms with Gasteiger partial charge in [0.1, 0.15) is 17.5 Å². The number of methoxy groups -OCH3 is 3. The van der Waals surface area contributed by atoms with Crippen molar-refractivity contribution >= 4 is 17.5 Å². The average Bonchev–Trinajstić information content (AvgIpc) is 3.00. The van der Waals surface area contributed by atoms with Gasteiger partial charge in [-0.1, -0.05) is 19.3 Å². The minimum atomic E-state index is -1.09. The van der Waals surface area contributed by atoms with Crippen molar-refractivity contribution < 1.29 is 28.5 Å². The molecule has 1 N–H and O–H groups in total. The summed E-state index contributed by atoms with van der Waals surface area (Å²) in [5.41, 5.74) is 1.06. The quantitative estimate of drug-likeness (QED) is 0.366. The van der Waals surface area contributed by atoms with Crippen LogP contribution >= 0.6 is 0 Å². The number of carbonyl (C=O) groups is 2. The van der Waals surface area contributed by atoms with Crippen molar-refractivity contribution in [3.05, 3.63) is 66.2 Å². The summed E-state index contributed by atoms with van der Waals surface area (Å²) in [5.74, 6) is 0.945. The van der Waals surface area contributed by atoms with Crippen LogP contribution in [0.4, 0.5) is 5.69 Å². The molecule has 4 rings (SSSR count). The number of hydrogen-bond acceptors (Lipinski definition) is 8. The third-order valence-corrected chi connectivity index (χ3v) is 6.89. The highest BCUT2D eigenvalue weighted by Gasteiger charge is 2.36. The van der Waals surface area contributed by atoms with Crippen molar-refractivity contribution in [3.8, 4) is 23.0 Å². The van der Waals surface area contributed by atoms with E-state index in [-0.39, 0.29) is 17.6 Å². The molecule has 1 unspecified atom stereocenters. The summed E-state index contributed by atoms with van der Waals surface area (Å²) in [7, 11) is 4.53.